The molecule has 0 bridgehead atoms. The highest BCUT2D eigenvalue weighted by Crippen LogP contribution is 2.26. The number of rotatable bonds is 3. The normalized spacial score (nSPS) is 18.7. The summed E-state index contributed by atoms with van der Waals surface area (Å²) in [5, 5.41) is 9.16. The number of nitrogens with one attached hydrogen (secondary N) is 2. The summed E-state index contributed by atoms with van der Waals surface area (Å²) >= 11 is 0. The molecular weight excluding hydrogens is 334 g/mol. The largest absolute Gasteiger partial charge is 0.342 e. The van der Waals surface area contributed by atoms with Crippen LogP contribution in [0, 0.1) is 0 Å². The predicted molar refractivity (Wildman–Crippen MR) is 92.5 cm³/mol. The summed E-state index contributed by atoms with van der Waals surface area (Å²) in [4.78, 5) is 37.6. The third-order valence-electron chi connectivity index (χ3n) is 5.04. The Morgan fingerprint density at radius 1 is 1.15 bits per heavy atom. The van der Waals surface area contributed by atoms with Crippen molar-refractivity contribution in [1.82, 2.24) is 25.3 Å². The molecular formula is C18H19N5O3. The highest BCUT2D eigenvalue weighted by Gasteiger charge is 2.48. The Kier molecular flexibility index (Phi) is 3.95. The zero-order valence-electron chi connectivity index (χ0n) is 14.1. The van der Waals surface area contributed by atoms with Gasteiger partial charge in [0.2, 0.25) is 5.91 Å². The van der Waals surface area contributed by atoms with E-state index in [2.05, 4.69) is 15.7 Å². The van der Waals surface area contributed by atoms with Crippen LogP contribution in [-0.2, 0) is 16.0 Å². The molecule has 1 spiro atoms. The minimum absolute atomic E-state index is 0.0245. The lowest BCUT2D eigenvalue weighted by atomic mass is 9.87. The molecule has 2 aromatic rings. The van der Waals surface area contributed by atoms with Crippen LogP contribution in [0.15, 0.2) is 42.7 Å². The first-order valence-electron chi connectivity index (χ1n) is 8.56. The number of piperidine rings is 1. The van der Waals surface area contributed by atoms with E-state index in [0.29, 0.717) is 32.4 Å². The van der Waals surface area contributed by atoms with E-state index in [-0.39, 0.29) is 11.8 Å². The lowest BCUT2D eigenvalue weighted by Crippen LogP contribution is -2.55. The molecule has 26 heavy (non-hydrogen) atoms. The van der Waals surface area contributed by atoms with Crippen molar-refractivity contribution in [1.29, 1.82) is 0 Å². The SMILES string of the molecule is O=C1NC(=O)C2(CCN(C(=O)Cc3ccc(-n4cccn4)cc3)CC2)N1. The number of urea groups is 1. The fourth-order valence-electron chi connectivity index (χ4n) is 3.49. The average molecular weight is 353 g/mol. The zero-order chi connectivity index (χ0) is 18.1. The van der Waals surface area contributed by atoms with Crippen molar-refractivity contribution in [3.05, 3.63) is 48.3 Å². The van der Waals surface area contributed by atoms with Crippen LogP contribution in [0.25, 0.3) is 5.69 Å². The maximum absolute atomic E-state index is 12.6. The summed E-state index contributed by atoms with van der Waals surface area (Å²) in [6.45, 7) is 0.913. The Morgan fingerprint density at radius 3 is 2.46 bits per heavy atom. The third kappa shape index (κ3) is 2.94. The highest BCUT2D eigenvalue weighted by molar-refractivity contribution is 6.07. The van der Waals surface area contributed by atoms with Crippen LogP contribution >= 0.6 is 0 Å². The quantitative estimate of drug-likeness (QED) is 0.791. The van der Waals surface area contributed by atoms with Crippen molar-refractivity contribution in [2.24, 2.45) is 0 Å². The maximum Gasteiger partial charge on any atom is 0.322 e. The van der Waals surface area contributed by atoms with Gasteiger partial charge in [0, 0.05) is 25.5 Å². The molecule has 0 atom stereocenters. The molecule has 1 aromatic carbocycles. The molecule has 3 heterocycles. The highest BCUT2D eigenvalue weighted by atomic mass is 16.2. The lowest BCUT2D eigenvalue weighted by molar-refractivity contribution is -0.135. The molecule has 2 fully saturated rings. The van der Waals surface area contributed by atoms with E-state index in [1.165, 1.54) is 0 Å². The Bertz CT molecular complexity index is 836. The Morgan fingerprint density at radius 2 is 1.88 bits per heavy atom. The molecule has 8 heteroatoms. The Labute approximate surface area is 150 Å². The van der Waals surface area contributed by atoms with Gasteiger partial charge in [0.25, 0.3) is 5.91 Å². The van der Waals surface area contributed by atoms with Crippen molar-refractivity contribution >= 4 is 17.8 Å². The van der Waals surface area contributed by atoms with E-state index in [1.807, 2.05) is 36.5 Å². The topological polar surface area (TPSA) is 96.3 Å². The third-order valence-corrected chi connectivity index (χ3v) is 5.04. The fourth-order valence-corrected chi connectivity index (χ4v) is 3.49. The first-order chi connectivity index (χ1) is 12.6. The summed E-state index contributed by atoms with van der Waals surface area (Å²) in [6.07, 6.45) is 4.77. The van der Waals surface area contributed by atoms with Gasteiger partial charge in [-0.15, -0.1) is 0 Å². The van der Waals surface area contributed by atoms with Gasteiger partial charge < -0.3 is 10.2 Å². The van der Waals surface area contributed by atoms with E-state index >= 15 is 0 Å². The molecule has 4 amide bonds. The molecule has 0 saturated carbocycles. The summed E-state index contributed by atoms with van der Waals surface area (Å²) in [5.41, 5.74) is 1.02. The van der Waals surface area contributed by atoms with Crippen LogP contribution in [0.4, 0.5) is 4.79 Å². The molecule has 2 aliphatic rings. The second-order valence-corrected chi connectivity index (χ2v) is 6.66. The van der Waals surface area contributed by atoms with Crippen LogP contribution in [0.3, 0.4) is 0 Å². The molecule has 1 aromatic heterocycles. The summed E-state index contributed by atoms with van der Waals surface area (Å²) in [5.74, 6) is -0.264. The standard InChI is InChI=1S/C18H19N5O3/c24-15(12-13-2-4-14(5-3-13)23-9-1-8-19-23)22-10-6-18(7-11-22)16(25)20-17(26)21-18/h1-5,8-9H,6-7,10-12H2,(H2,20,21,25,26). The molecule has 0 unspecified atom stereocenters. The van der Waals surface area contributed by atoms with Gasteiger partial charge in [-0.1, -0.05) is 12.1 Å². The number of carbonyl (C=O) groups excluding carboxylic acids is 3. The van der Waals surface area contributed by atoms with E-state index in [9.17, 15) is 14.4 Å². The first-order valence-corrected chi connectivity index (χ1v) is 8.56. The second-order valence-electron chi connectivity index (χ2n) is 6.66. The number of carbonyl (C=O) groups is 3. The van der Waals surface area contributed by atoms with Crippen LogP contribution < -0.4 is 10.6 Å². The lowest BCUT2D eigenvalue weighted by Gasteiger charge is -2.37. The van der Waals surface area contributed by atoms with Crippen molar-refractivity contribution in [3.63, 3.8) is 0 Å². The van der Waals surface area contributed by atoms with E-state index in [4.69, 9.17) is 0 Å². The minimum atomic E-state index is -0.848. The number of benzene rings is 1. The molecule has 0 radical (unpaired) electrons. The van der Waals surface area contributed by atoms with Gasteiger partial charge in [0.1, 0.15) is 5.54 Å². The van der Waals surface area contributed by atoms with Crippen molar-refractivity contribution < 1.29 is 14.4 Å². The number of imide groups is 1. The van der Waals surface area contributed by atoms with Crippen molar-refractivity contribution in [2.45, 2.75) is 24.8 Å². The van der Waals surface area contributed by atoms with Gasteiger partial charge in [0.05, 0.1) is 12.1 Å². The summed E-state index contributed by atoms with van der Waals surface area (Å²) in [6, 6.07) is 9.11. The van der Waals surface area contributed by atoms with Crippen LogP contribution in [0.1, 0.15) is 18.4 Å². The van der Waals surface area contributed by atoms with E-state index in [1.54, 1.807) is 15.8 Å². The number of hydrogen-bond acceptors (Lipinski definition) is 4. The average Bonchev–Trinajstić information content (AvgIpc) is 3.25. The molecule has 8 nitrogen and oxygen atoms in total. The molecule has 0 aliphatic carbocycles. The molecule has 2 aliphatic heterocycles. The van der Waals surface area contributed by atoms with Gasteiger partial charge in [-0.3, -0.25) is 14.9 Å². The molecule has 134 valence electrons. The number of hydrogen-bond donors (Lipinski definition) is 2. The fraction of sp³-hybridized carbons (Fsp3) is 0.333. The minimum Gasteiger partial charge on any atom is -0.342 e. The number of aromatic nitrogens is 2. The smallest absolute Gasteiger partial charge is 0.322 e. The van der Waals surface area contributed by atoms with Gasteiger partial charge in [-0.25, -0.2) is 9.48 Å². The zero-order valence-corrected chi connectivity index (χ0v) is 14.1. The predicted octanol–water partition coefficient (Wildman–Crippen LogP) is 0.615. The van der Waals surface area contributed by atoms with Crippen LogP contribution in [0.2, 0.25) is 0 Å². The van der Waals surface area contributed by atoms with Crippen molar-refractivity contribution in [3.8, 4) is 5.69 Å². The molecule has 2 saturated heterocycles. The van der Waals surface area contributed by atoms with Gasteiger partial charge in [-0.2, -0.15) is 5.10 Å². The Hall–Kier alpha value is -3.16. The first kappa shape index (κ1) is 16.3. The maximum atomic E-state index is 12.6. The van der Waals surface area contributed by atoms with Crippen molar-refractivity contribution in [2.75, 3.05) is 13.1 Å². The second kappa shape index (κ2) is 6.29. The van der Waals surface area contributed by atoms with Gasteiger partial charge >= 0.3 is 6.03 Å². The van der Waals surface area contributed by atoms with E-state index in [0.717, 1.165) is 11.3 Å². The van der Waals surface area contributed by atoms with E-state index < -0.39 is 11.6 Å². The van der Waals surface area contributed by atoms with Crippen LogP contribution in [-0.4, -0.2) is 51.2 Å². The molecule has 4 rings (SSSR count). The Balaban J connectivity index is 1.36. The summed E-state index contributed by atoms with van der Waals surface area (Å²) < 4.78 is 1.76. The number of nitrogens with zero attached hydrogens (tertiary/aromatic N) is 3. The van der Waals surface area contributed by atoms with Gasteiger partial charge in [0.15, 0.2) is 0 Å². The number of amides is 4. The number of likely N-dealkylation sites (tertiary alicyclic amines) is 1. The van der Waals surface area contributed by atoms with Gasteiger partial charge in [-0.05, 0) is 36.6 Å². The molecule has 2 N–H and O–H groups in total. The monoisotopic (exact) mass is 353 g/mol. The summed E-state index contributed by atoms with van der Waals surface area (Å²) in [7, 11) is 0. The van der Waals surface area contributed by atoms with Crippen LogP contribution in [0.5, 0.6) is 0 Å².